The van der Waals surface area contributed by atoms with Crippen molar-refractivity contribution < 1.29 is 9.53 Å². The van der Waals surface area contributed by atoms with Crippen LogP contribution in [-0.4, -0.2) is 30.3 Å². The van der Waals surface area contributed by atoms with Crippen LogP contribution < -0.4 is 15.4 Å². The van der Waals surface area contributed by atoms with Crippen molar-refractivity contribution in [3.05, 3.63) is 30.0 Å². The lowest BCUT2D eigenvalue weighted by atomic mass is 10.2. The van der Waals surface area contributed by atoms with E-state index in [9.17, 15) is 4.79 Å². The number of hydrogen-bond acceptors (Lipinski definition) is 6. The van der Waals surface area contributed by atoms with Crippen molar-refractivity contribution in [2.24, 2.45) is 9.98 Å². The van der Waals surface area contributed by atoms with E-state index in [-0.39, 0.29) is 5.91 Å². The molecule has 2 N–H and O–H groups in total. The summed E-state index contributed by atoms with van der Waals surface area (Å²) in [5.41, 5.74) is 2.05. The van der Waals surface area contributed by atoms with Gasteiger partial charge in [-0.15, -0.1) is 0 Å². The van der Waals surface area contributed by atoms with Gasteiger partial charge in [0, 0.05) is 12.3 Å². The van der Waals surface area contributed by atoms with Crippen molar-refractivity contribution >= 4 is 40.0 Å². The lowest BCUT2D eigenvalue weighted by Gasteiger charge is -2.13. The number of carbonyl (C=O) groups is 1. The molecule has 0 aliphatic carbocycles. The topological polar surface area (TPSA) is 75.1 Å². The highest BCUT2D eigenvalue weighted by atomic mass is 32.2. The van der Waals surface area contributed by atoms with Crippen LogP contribution in [0.5, 0.6) is 5.75 Å². The van der Waals surface area contributed by atoms with E-state index in [1.54, 1.807) is 13.3 Å². The number of carbonyl (C=O) groups excluding carboxylic acids is 1. The highest BCUT2D eigenvalue weighted by Crippen LogP contribution is 2.30. The number of amidine groups is 2. The Kier molecular flexibility index (Phi) is 3.19. The molecule has 0 saturated heterocycles. The Bertz CT molecular complexity index is 679. The van der Waals surface area contributed by atoms with Crippen LogP contribution in [0.2, 0.25) is 0 Å². The third-order valence-corrected chi connectivity index (χ3v) is 3.47. The van der Waals surface area contributed by atoms with Gasteiger partial charge in [0.15, 0.2) is 5.17 Å². The average Bonchev–Trinajstić information content (AvgIpc) is 2.65. The van der Waals surface area contributed by atoms with Gasteiger partial charge < -0.3 is 15.4 Å². The number of thioether (sulfide) groups is 1. The molecule has 102 valence electrons. The second-order valence-corrected chi connectivity index (χ2v) is 4.88. The second-order valence-electron chi connectivity index (χ2n) is 4.10. The molecule has 2 aliphatic rings. The lowest BCUT2D eigenvalue weighted by molar-refractivity contribution is -0.113. The summed E-state index contributed by atoms with van der Waals surface area (Å²) >= 11 is 1.33. The highest BCUT2D eigenvalue weighted by molar-refractivity contribution is 8.13. The smallest absolute Gasteiger partial charge is 0.284 e. The summed E-state index contributed by atoms with van der Waals surface area (Å²) in [6, 6.07) is 5.56. The van der Waals surface area contributed by atoms with E-state index in [1.165, 1.54) is 11.8 Å². The maximum absolute atomic E-state index is 12.0. The van der Waals surface area contributed by atoms with E-state index in [1.807, 2.05) is 24.5 Å². The monoisotopic (exact) mass is 288 g/mol. The first kappa shape index (κ1) is 12.7. The van der Waals surface area contributed by atoms with Crippen molar-refractivity contribution in [3.63, 3.8) is 0 Å². The van der Waals surface area contributed by atoms with Crippen molar-refractivity contribution in [2.45, 2.75) is 0 Å². The predicted octanol–water partition coefficient (Wildman–Crippen LogP) is 2.07. The standard InChI is InChI=1S/C13H12N4O2S/c1-19-7-3-4-9-10(5-7)14-6-8-11(15-9)16-13(20-2)17-12(8)18/h3-6,14H,1-2H3,(H,15,16,17,18). The molecule has 0 spiro atoms. The number of aliphatic imine (C=N–C) groups is 2. The lowest BCUT2D eigenvalue weighted by Crippen LogP contribution is -2.24. The summed E-state index contributed by atoms with van der Waals surface area (Å²) in [6.45, 7) is 0. The van der Waals surface area contributed by atoms with E-state index in [4.69, 9.17) is 4.74 Å². The normalized spacial score (nSPS) is 16.5. The Morgan fingerprint density at radius 1 is 1.25 bits per heavy atom. The van der Waals surface area contributed by atoms with E-state index in [0.29, 0.717) is 16.6 Å². The van der Waals surface area contributed by atoms with E-state index >= 15 is 0 Å². The SMILES string of the molecule is COc1ccc2c(c1)NC=C1C(=O)N=C(SC)N=C1N2. The van der Waals surface area contributed by atoms with Crippen LogP contribution in [0.15, 0.2) is 40.0 Å². The first-order chi connectivity index (χ1) is 9.71. The highest BCUT2D eigenvalue weighted by Gasteiger charge is 2.25. The Morgan fingerprint density at radius 3 is 2.85 bits per heavy atom. The summed E-state index contributed by atoms with van der Waals surface area (Å²) in [4.78, 5) is 20.2. The number of rotatable bonds is 1. The maximum atomic E-state index is 12.0. The number of amides is 1. The Hall–Kier alpha value is -2.28. The molecule has 0 aromatic heterocycles. The molecular formula is C13H12N4O2S. The molecule has 0 atom stereocenters. The van der Waals surface area contributed by atoms with Crippen LogP contribution in [0, 0.1) is 0 Å². The molecule has 2 heterocycles. The Balaban J connectivity index is 2.03. The number of ether oxygens (including phenoxy) is 1. The van der Waals surface area contributed by atoms with Gasteiger partial charge in [-0.05, 0) is 18.4 Å². The minimum absolute atomic E-state index is 0.306. The number of methoxy groups -OCH3 is 1. The molecule has 0 radical (unpaired) electrons. The zero-order valence-corrected chi connectivity index (χ0v) is 11.7. The van der Waals surface area contributed by atoms with Crippen molar-refractivity contribution in [3.8, 4) is 5.75 Å². The van der Waals surface area contributed by atoms with Crippen LogP contribution in [-0.2, 0) is 4.79 Å². The Labute approximate surface area is 120 Å². The summed E-state index contributed by atoms with van der Waals surface area (Å²) in [6.07, 6.45) is 3.44. The fraction of sp³-hybridized carbons (Fsp3) is 0.154. The van der Waals surface area contributed by atoms with Crippen LogP contribution in [0.25, 0.3) is 0 Å². The number of benzene rings is 1. The minimum Gasteiger partial charge on any atom is -0.497 e. The first-order valence-corrected chi connectivity index (χ1v) is 7.11. The van der Waals surface area contributed by atoms with Crippen LogP contribution in [0.1, 0.15) is 0 Å². The van der Waals surface area contributed by atoms with Crippen LogP contribution >= 0.6 is 11.8 Å². The fourth-order valence-electron chi connectivity index (χ4n) is 1.90. The molecule has 7 heteroatoms. The van der Waals surface area contributed by atoms with Gasteiger partial charge in [0.05, 0.1) is 18.5 Å². The van der Waals surface area contributed by atoms with E-state index < -0.39 is 0 Å². The zero-order chi connectivity index (χ0) is 14.1. The second kappa shape index (κ2) is 5.01. The van der Waals surface area contributed by atoms with Gasteiger partial charge in [-0.2, -0.15) is 4.99 Å². The van der Waals surface area contributed by atoms with Gasteiger partial charge in [0.2, 0.25) is 0 Å². The van der Waals surface area contributed by atoms with Gasteiger partial charge in [0.25, 0.3) is 5.91 Å². The largest absolute Gasteiger partial charge is 0.497 e. The molecule has 1 aromatic carbocycles. The molecule has 6 nitrogen and oxygen atoms in total. The molecule has 0 fully saturated rings. The third kappa shape index (κ3) is 2.16. The summed E-state index contributed by atoms with van der Waals surface area (Å²) in [5, 5.41) is 6.69. The molecule has 3 rings (SSSR count). The fourth-order valence-corrected chi connectivity index (χ4v) is 2.26. The van der Waals surface area contributed by atoms with Gasteiger partial charge >= 0.3 is 0 Å². The number of hydrogen-bond donors (Lipinski definition) is 2. The quantitative estimate of drug-likeness (QED) is 0.827. The van der Waals surface area contributed by atoms with Crippen molar-refractivity contribution in [1.82, 2.24) is 0 Å². The van der Waals surface area contributed by atoms with Crippen molar-refractivity contribution in [2.75, 3.05) is 24.0 Å². The summed E-state index contributed by atoms with van der Waals surface area (Å²) in [5.74, 6) is 0.931. The van der Waals surface area contributed by atoms with Gasteiger partial charge in [-0.1, -0.05) is 11.8 Å². The summed E-state index contributed by atoms with van der Waals surface area (Å²) < 4.78 is 5.18. The Morgan fingerprint density at radius 2 is 2.10 bits per heavy atom. The molecule has 1 amide bonds. The first-order valence-electron chi connectivity index (χ1n) is 5.89. The summed E-state index contributed by atoms with van der Waals surface area (Å²) in [7, 11) is 1.61. The molecule has 0 saturated carbocycles. The number of anilines is 2. The van der Waals surface area contributed by atoms with Gasteiger partial charge in [0.1, 0.15) is 17.2 Å². The molecule has 20 heavy (non-hydrogen) atoms. The molecule has 2 aliphatic heterocycles. The van der Waals surface area contributed by atoms with E-state index in [0.717, 1.165) is 17.1 Å². The molecular weight excluding hydrogens is 276 g/mol. The molecule has 0 bridgehead atoms. The van der Waals surface area contributed by atoms with Crippen LogP contribution in [0.3, 0.4) is 0 Å². The number of nitrogens with one attached hydrogen (secondary N) is 2. The van der Waals surface area contributed by atoms with E-state index in [2.05, 4.69) is 20.6 Å². The number of fused-ring (bicyclic) bond motifs is 2. The van der Waals surface area contributed by atoms with Crippen LogP contribution in [0.4, 0.5) is 11.4 Å². The molecule has 0 unspecified atom stereocenters. The van der Waals surface area contributed by atoms with Gasteiger partial charge in [-0.3, -0.25) is 4.79 Å². The third-order valence-electron chi connectivity index (χ3n) is 2.92. The van der Waals surface area contributed by atoms with Crippen molar-refractivity contribution in [1.29, 1.82) is 0 Å². The zero-order valence-electron chi connectivity index (χ0n) is 10.9. The number of nitrogens with zero attached hydrogens (tertiary/aromatic N) is 2. The maximum Gasteiger partial charge on any atom is 0.284 e. The predicted molar refractivity (Wildman–Crippen MR) is 81.7 cm³/mol. The van der Waals surface area contributed by atoms with Gasteiger partial charge in [-0.25, -0.2) is 4.99 Å². The molecule has 1 aromatic rings. The minimum atomic E-state index is -0.306. The average molecular weight is 288 g/mol.